The van der Waals surface area contributed by atoms with E-state index in [9.17, 15) is 16.8 Å². The lowest BCUT2D eigenvalue weighted by Gasteiger charge is -2.26. The monoisotopic (exact) mass is 465 g/mol. The molecule has 0 spiro atoms. The zero-order valence-electron chi connectivity index (χ0n) is 17.2. The van der Waals surface area contributed by atoms with Crippen LogP contribution in [-0.2, 0) is 20.0 Å². The number of benzene rings is 2. The molecule has 0 aromatic heterocycles. The van der Waals surface area contributed by atoms with Crippen LogP contribution in [0.25, 0.3) is 0 Å². The summed E-state index contributed by atoms with van der Waals surface area (Å²) in [5.41, 5.74) is 0.745. The van der Waals surface area contributed by atoms with Gasteiger partial charge in [-0.25, -0.2) is 8.42 Å². The zero-order valence-corrected chi connectivity index (χ0v) is 18.8. The molecule has 31 heavy (non-hydrogen) atoms. The third-order valence-corrected chi connectivity index (χ3v) is 8.52. The van der Waals surface area contributed by atoms with Gasteiger partial charge in [-0.1, -0.05) is 6.42 Å². The van der Waals surface area contributed by atoms with Gasteiger partial charge in [-0.05, 0) is 49.2 Å². The number of piperidine rings is 1. The smallest absolute Gasteiger partial charge is 0.286 e. The normalized spacial score (nSPS) is 18.5. The Balaban J connectivity index is 1.71. The number of fused-ring (bicyclic) bond motifs is 1. The van der Waals surface area contributed by atoms with Crippen molar-refractivity contribution < 1.29 is 26.3 Å². The minimum absolute atomic E-state index is 0.0525. The first kappa shape index (κ1) is 21.6. The van der Waals surface area contributed by atoms with E-state index in [0.717, 1.165) is 19.3 Å². The molecule has 0 saturated carbocycles. The summed E-state index contributed by atoms with van der Waals surface area (Å²) in [4.78, 5) is -0.224. The van der Waals surface area contributed by atoms with Crippen molar-refractivity contribution in [1.82, 2.24) is 4.31 Å². The third kappa shape index (κ3) is 4.00. The van der Waals surface area contributed by atoms with Crippen LogP contribution in [0.2, 0.25) is 0 Å². The average molecular weight is 466 g/mol. The highest BCUT2D eigenvalue weighted by molar-refractivity contribution is 7.91. The van der Waals surface area contributed by atoms with Crippen LogP contribution in [-0.4, -0.2) is 54.3 Å². The van der Waals surface area contributed by atoms with Crippen molar-refractivity contribution in [2.45, 2.75) is 29.1 Å². The predicted molar refractivity (Wildman–Crippen MR) is 116 cm³/mol. The molecule has 2 heterocycles. The minimum Gasteiger partial charge on any atom is -0.493 e. The maximum atomic E-state index is 12.9. The molecule has 1 saturated heterocycles. The average Bonchev–Trinajstić information content (AvgIpc) is 2.78. The highest BCUT2D eigenvalue weighted by atomic mass is 32.2. The minimum atomic E-state index is -4.12. The summed E-state index contributed by atoms with van der Waals surface area (Å²) in [7, 11) is -4.90. The maximum absolute atomic E-state index is 12.9. The van der Waals surface area contributed by atoms with Crippen molar-refractivity contribution in [3.63, 3.8) is 0 Å². The Morgan fingerprint density at radius 1 is 0.968 bits per heavy atom. The Kier molecular flexibility index (Phi) is 5.67. The summed E-state index contributed by atoms with van der Waals surface area (Å²) in [6.45, 7) is 0.873. The van der Waals surface area contributed by atoms with Crippen LogP contribution in [0.3, 0.4) is 0 Å². The van der Waals surface area contributed by atoms with Crippen LogP contribution in [0.4, 0.5) is 5.69 Å². The molecule has 0 amide bonds. The second kappa shape index (κ2) is 8.13. The largest absolute Gasteiger partial charge is 0.493 e. The van der Waals surface area contributed by atoms with E-state index in [-0.39, 0.29) is 21.3 Å². The lowest BCUT2D eigenvalue weighted by atomic mass is 10.1. The number of nitrogens with zero attached hydrogens (tertiary/aromatic N) is 2. The van der Waals surface area contributed by atoms with Gasteiger partial charge in [0.1, 0.15) is 4.90 Å². The molecule has 2 aliphatic rings. The quantitative estimate of drug-likeness (QED) is 0.721. The predicted octanol–water partition coefficient (Wildman–Crippen LogP) is 2.44. The van der Waals surface area contributed by atoms with Gasteiger partial charge in [0.25, 0.3) is 10.0 Å². The third-order valence-electron chi connectivity index (χ3n) is 5.31. The van der Waals surface area contributed by atoms with Crippen molar-refractivity contribution in [2.75, 3.05) is 32.6 Å². The molecule has 2 aromatic rings. The zero-order chi connectivity index (χ0) is 22.2. The Labute approximate surface area is 181 Å². The van der Waals surface area contributed by atoms with Gasteiger partial charge in [-0.3, -0.25) is 0 Å². The number of methoxy groups -OCH3 is 2. The molecule has 166 valence electrons. The molecule has 0 atom stereocenters. The summed E-state index contributed by atoms with van der Waals surface area (Å²) >= 11 is 0. The lowest BCUT2D eigenvalue weighted by Crippen LogP contribution is -2.35. The van der Waals surface area contributed by atoms with Crippen molar-refractivity contribution in [2.24, 2.45) is 4.40 Å². The van der Waals surface area contributed by atoms with Crippen molar-refractivity contribution in [1.29, 1.82) is 0 Å². The number of ether oxygens (including phenoxy) is 2. The van der Waals surface area contributed by atoms with Crippen LogP contribution in [0, 0.1) is 0 Å². The van der Waals surface area contributed by atoms with Gasteiger partial charge >= 0.3 is 0 Å². The van der Waals surface area contributed by atoms with Crippen molar-refractivity contribution >= 4 is 31.6 Å². The number of amidine groups is 1. The fourth-order valence-corrected chi connectivity index (χ4v) is 6.44. The molecule has 2 aliphatic heterocycles. The number of sulfonamides is 2. The summed E-state index contributed by atoms with van der Waals surface area (Å²) in [5.74, 6) is 1.04. The molecule has 0 radical (unpaired) electrons. The van der Waals surface area contributed by atoms with E-state index in [1.807, 2.05) is 0 Å². The second-order valence-corrected chi connectivity index (χ2v) is 10.7. The van der Waals surface area contributed by atoms with E-state index in [4.69, 9.17) is 9.47 Å². The Bertz CT molecular complexity index is 1250. The van der Waals surface area contributed by atoms with Gasteiger partial charge < -0.3 is 14.8 Å². The van der Waals surface area contributed by atoms with E-state index in [0.29, 0.717) is 30.2 Å². The molecule has 0 bridgehead atoms. The number of hydrogen-bond donors (Lipinski definition) is 1. The summed E-state index contributed by atoms with van der Waals surface area (Å²) in [5, 5.41) is 2.98. The molecule has 4 rings (SSSR count). The Morgan fingerprint density at radius 3 is 2.35 bits per heavy atom. The summed E-state index contributed by atoms with van der Waals surface area (Å²) in [6.07, 6.45) is 2.58. The first-order chi connectivity index (χ1) is 14.8. The van der Waals surface area contributed by atoms with Crippen LogP contribution in [0.1, 0.15) is 24.8 Å². The highest BCUT2D eigenvalue weighted by Gasteiger charge is 2.31. The van der Waals surface area contributed by atoms with E-state index < -0.39 is 20.0 Å². The molecule has 11 heteroatoms. The molecular weight excluding hydrogens is 442 g/mol. The van der Waals surface area contributed by atoms with Crippen molar-refractivity contribution in [3.8, 4) is 11.5 Å². The van der Waals surface area contributed by atoms with Gasteiger partial charge in [-0.15, -0.1) is 4.40 Å². The van der Waals surface area contributed by atoms with Gasteiger partial charge in [0.05, 0.1) is 24.8 Å². The summed E-state index contributed by atoms with van der Waals surface area (Å²) < 4.78 is 67.4. The first-order valence-corrected chi connectivity index (χ1v) is 12.6. The van der Waals surface area contributed by atoms with Crippen LogP contribution >= 0.6 is 0 Å². The SMILES string of the molecule is COc1ccc(C2=NS(=O)(=O)c3cc(S(=O)(=O)N4CCCCC4)ccc3N2)cc1OC. The van der Waals surface area contributed by atoms with Gasteiger partial charge in [0.15, 0.2) is 17.3 Å². The molecular formula is C20H23N3O6S2. The van der Waals surface area contributed by atoms with E-state index in [2.05, 4.69) is 9.71 Å². The Hall–Kier alpha value is -2.63. The van der Waals surface area contributed by atoms with Crippen LogP contribution < -0.4 is 14.8 Å². The van der Waals surface area contributed by atoms with Gasteiger partial charge in [0, 0.05) is 18.7 Å². The standard InChI is InChI=1S/C20H23N3O6S2/c1-28-17-9-6-14(12-18(17)29-2)20-21-16-8-7-15(13-19(16)30(24,25)22-20)31(26,27)23-10-4-3-5-11-23/h6-9,12-13H,3-5,10-11H2,1-2H3,(H,21,22). The number of nitrogens with one attached hydrogen (secondary N) is 1. The molecule has 0 aliphatic carbocycles. The molecule has 0 unspecified atom stereocenters. The molecule has 1 fully saturated rings. The van der Waals surface area contributed by atoms with E-state index in [1.165, 1.54) is 36.7 Å². The van der Waals surface area contributed by atoms with Crippen molar-refractivity contribution in [3.05, 3.63) is 42.0 Å². The van der Waals surface area contributed by atoms with E-state index >= 15 is 0 Å². The van der Waals surface area contributed by atoms with Gasteiger partial charge in [-0.2, -0.15) is 12.7 Å². The van der Waals surface area contributed by atoms with Crippen LogP contribution in [0.5, 0.6) is 11.5 Å². The number of hydrogen-bond acceptors (Lipinski definition) is 7. The second-order valence-electron chi connectivity index (χ2n) is 7.23. The summed E-state index contributed by atoms with van der Waals surface area (Å²) in [6, 6.07) is 8.97. The fraction of sp³-hybridized carbons (Fsp3) is 0.350. The maximum Gasteiger partial charge on any atom is 0.286 e. The number of anilines is 1. The molecule has 9 nitrogen and oxygen atoms in total. The first-order valence-electron chi connectivity index (χ1n) is 9.75. The van der Waals surface area contributed by atoms with Gasteiger partial charge in [0.2, 0.25) is 10.0 Å². The molecule has 2 aromatic carbocycles. The topological polar surface area (TPSA) is 114 Å². The lowest BCUT2D eigenvalue weighted by molar-refractivity contribution is 0.346. The molecule has 1 N–H and O–H groups in total. The fourth-order valence-electron chi connectivity index (χ4n) is 3.66. The Morgan fingerprint density at radius 2 is 1.68 bits per heavy atom. The number of rotatable bonds is 5. The highest BCUT2D eigenvalue weighted by Crippen LogP contribution is 2.34. The van der Waals surface area contributed by atoms with Crippen LogP contribution in [0.15, 0.2) is 50.6 Å². The van der Waals surface area contributed by atoms with E-state index in [1.54, 1.807) is 18.2 Å².